The van der Waals surface area contributed by atoms with Gasteiger partial charge in [-0.05, 0) is 24.6 Å². The summed E-state index contributed by atoms with van der Waals surface area (Å²) in [6.07, 6.45) is 2.71. The summed E-state index contributed by atoms with van der Waals surface area (Å²) in [5.74, 6) is 0. The second kappa shape index (κ2) is 3.74. The fourth-order valence-corrected chi connectivity index (χ4v) is 1.46. The van der Waals surface area contributed by atoms with Crippen LogP contribution in [0, 0.1) is 0 Å². The molecule has 15 heavy (non-hydrogen) atoms. The van der Waals surface area contributed by atoms with Crippen LogP contribution >= 0.6 is 0 Å². The first kappa shape index (κ1) is 9.73. The number of aromatic nitrogens is 2. The molecule has 0 saturated carbocycles. The molecule has 1 unspecified atom stereocenters. The molecule has 0 aliphatic rings. The first-order valence-corrected chi connectivity index (χ1v) is 4.73. The predicted molar refractivity (Wildman–Crippen MR) is 57.0 cm³/mol. The Labute approximate surface area is 86.8 Å². The molecule has 4 nitrogen and oxygen atoms in total. The van der Waals surface area contributed by atoms with Crippen LogP contribution in [0.4, 0.5) is 0 Å². The molecule has 1 atom stereocenters. The number of aliphatic hydroxyl groups excluding tert-OH is 1. The minimum atomic E-state index is -0.528. The van der Waals surface area contributed by atoms with Crippen LogP contribution in [0.5, 0.6) is 0 Å². The van der Waals surface area contributed by atoms with Gasteiger partial charge in [0.15, 0.2) is 0 Å². The second-order valence-electron chi connectivity index (χ2n) is 3.41. The molecule has 0 fully saturated rings. The topological polar surface area (TPSA) is 58.0 Å². The van der Waals surface area contributed by atoms with Crippen LogP contribution in [0.1, 0.15) is 18.6 Å². The highest BCUT2D eigenvalue weighted by Gasteiger charge is 2.04. The van der Waals surface area contributed by atoms with Crippen LogP contribution < -0.4 is 5.69 Å². The number of hydrogen-bond donors (Lipinski definition) is 2. The Morgan fingerprint density at radius 2 is 2.27 bits per heavy atom. The predicted octanol–water partition coefficient (Wildman–Crippen LogP) is 1.22. The number of imidazole rings is 1. The summed E-state index contributed by atoms with van der Waals surface area (Å²) >= 11 is 0. The highest BCUT2D eigenvalue weighted by atomic mass is 16.3. The maximum Gasteiger partial charge on any atom is 0.330 e. The van der Waals surface area contributed by atoms with Crippen molar-refractivity contribution in [2.75, 3.05) is 0 Å². The molecular weight excluding hydrogens is 192 g/mol. The zero-order valence-electron chi connectivity index (χ0n) is 8.34. The number of rotatable bonds is 2. The first-order valence-electron chi connectivity index (χ1n) is 4.73. The molecule has 1 aromatic heterocycles. The average molecular weight is 204 g/mol. The van der Waals surface area contributed by atoms with Crippen molar-refractivity contribution in [3.63, 3.8) is 0 Å². The summed E-state index contributed by atoms with van der Waals surface area (Å²) in [5, 5.41) is 9.42. The molecule has 2 rings (SSSR count). The van der Waals surface area contributed by atoms with Crippen molar-refractivity contribution < 1.29 is 5.11 Å². The van der Waals surface area contributed by atoms with Crippen molar-refractivity contribution >= 4 is 0 Å². The van der Waals surface area contributed by atoms with Gasteiger partial charge in [-0.2, -0.15) is 0 Å². The normalized spacial score (nSPS) is 12.7. The SMILES string of the molecule is CC(O)c1cccc(-n2cc[nH]c2=O)c1. The Morgan fingerprint density at radius 3 is 2.87 bits per heavy atom. The monoisotopic (exact) mass is 204 g/mol. The largest absolute Gasteiger partial charge is 0.389 e. The molecule has 1 aromatic carbocycles. The van der Waals surface area contributed by atoms with E-state index < -0.39 is 6.10 Å². The molecule has 0 saturated heterocycles. The molecule has 1 heterocycles. The summed E-state index contributed by atoms with van der Waals surface area (Å²) in [4.78, 5) is 13.9. The molecule has 2 aromatic rings. The lowest BCUT2D eigenvalue weighted by atomic mass is 10.1. The van der Waals surface area contributed by atoms with Crippen LogP contribution in [0.15, 0.2) is 41.5 Å². The number of aromatic amines is 1. The highest BCUT2D eigenvalue weighted by molar-refractivity contribution is 5.36. The van der Waals surface area contributed by atoms with Gasteiger partial charge in [0.1, 0.15) is 0 Å². The molecule has 0 aliphatic heterocycles. The zero-order valence-corrected chi connectivity index (χ0v) is 8.34. The van der Waals surface area contributed by atoms with Gasteiger partial charge < -0.3 is 10.1 Å². The Balaban J connectivity index is 2.50. The standard InChI is InChI=1S/C11H12N2O2/c1-8(14)9-3-2-4-10(7-9)13-6-5-12-11(13)15/h2-8,14H,1H3,(H,12,15). The van der Waals surface area contributed by atoms with E-state index in [1.807, 2.05) is 18.2 Å². The third-order valence-corrected chi connectivity index (χ3v) is 2.28. The highest BCUT2D eigenvalue weighted by Crippen LogP contribution is 2.15. The average Bonchev–Trinajstić information content (AvgIpc) is 2.64. The Bertz CT molecular complexity index is 511. The third-order valence-electron chi connectivity index (χ3n) is 2.28. The molecule has 0 amide bonds. The molecular formula is C11H12N2O2. The number of hydrogen-bond acceptors (Lipinski definition) is 2. The van der Waals surface area contributed by atoms with Crippen molar-refractivity contribution in [1.29, 1.82) is 0 Å². The molecule has 0 bridgehead atoms. The van der Waals surface area contributed by atoms with Crippen LogP contribution in [0.3, 0.4) is 0 Å². The number of nitrogens with zero attached hydrogens (tertiary/aromatic N) is 1. The fourth-order valence-electron chi connectivity index (χ4n) is 1.46. The van der Waals surface area contributed by atoms with Gasteiger partial charge >= 0.3 is 5.69 Å². The van der Waals surface area contributed by atoms with E-state index in [1.165, 1.54) is 4.57 Å². The first-order chi connectivity index (χ1) is 7.18. The van der Waals surface area contributed by atoms with E-state index in [-0.39, 0.29) is 5.69 Å². The van der Waals surface area contributed by atoms with Crippen LogP contribution in [-0.2, 0) is 0 Å². The van der Waals surface area contributed by atoms with Crippen LogP contribution in [0.2, 0.25) is 0 Å². The maximum absolute atomic E-state index is 11.3. The second-order valence-corrected chi connectivity index (χ2v) is 3.41. The van der Waals surface area contributed by atoms with Crippen LogP contribution in [0.25, 0.3) is 5.69 Å². The van der Waals surface area contributed by atoms with Crippen molar-refractivity contribution in [2.45, 2.75) is 13.0 Å². The van der Waals surface area contributed by atoms with E-state index in [0.717, 1.165) is 11.3 Å². The Morgan fingerprint density at radius 1 is 1.47 bits per heavy atom. The molecule has 2 N–H and O–H groups in total. The van der Waals surface area contributed by atoms with Crippen LogP contribution in [-0.4, -0.2) is 14.7 Å². The molecule has 0 radical (unpaired) electrons. The van der Waals surface area contributed by atoms with Gasteiger partial charge in [-0.3, -0.25) is 4.57 Å². The van der Waals surface area contributed by atoms with E-state index in [1.54, 1.807) is 25.4 Å². The van der Waals surface area contributed by atoms with Crippen molar-refractivity contribution in [3.8, 4) is 5.69 Å². The summed E-state index contributed by atoms with van der Waals surface area (Å²) < 4.78 is 1.49. The van der Waals surface area contributed by atoms with Gasteiger partial charge in [-0.25, -0.2) is 4.79 Å². The van der Waals surface area contributed by atoms with Crippen molar-refractivity contribution in [1.82, 2.24) is 9.55 Å². The van der Waals surface area contributed by atoms with Crippen molar-refractivity contribution in [2.24, 2.45) is 0 Å². The number of aliphatic hydroxyl groups is 1. The lowest BCUT2D eigenvalue weighted by Crippen LogP contribution is -2.14. The quantitative estimate of drug-likeness (QED) is 0.772. The number of benzene rings is 1. The smallest absolute Gasteiger partial charge is 0.330 e. The molecule has 0 aliphatic carbocycles. The van der Waals surface area contributed by atoms with Gasteiger partial charge in [-0.15, -0.1) is 0 Å². The summed E-state index contributed by atoms with van der Waals surface area (Å²) in [5.41, 5.74) is 1.36. The summed E-state index contributed by atoms with van der Waals surface area (Å²) in [7, 11) is 0. The Hall–Kier alpha value is -1.81. The van der Waals surface area contributed by atoms with E-state index >= 15 is 0 Å². The summed E-state index contributed by atoms with van der Waals surface area (Å²) in [6.45, 7) is 1.69. The van der Waals surface area contributed by atoms with E-state index in [0.29, 0.717) is 0 Å². The van der Waals surface area contributed by atoms with E-state index in [9.17, 15) is 9.90 Å². The van der Waals surface area contributed by atoms with Gasteiger partial charge in [0.2, 0.25) is 0 Å². The summed E-state index contributed by atoms with van der Waals surface area (Å²) in [6, 6.07) is 7.25. The van der Waals surface area contributed by atoms with E-state index in [2.05, 4.69) is 4.98 Å². The maximum atomic E-state index is 11.3. The Kier molecular flexibility index (Phi) is 2.43. The third kappa shape index (κ3) is 1.85. The molecule has 4 heteroatoms. The van der Waals surface area contributed by atoms with Gasteiger partial charge in [0.05, 0.1) is 11.8 Å². The zero-order chi connectivity index (χ0) is 10.8. The lowest BCUT2D eigenvalue weighted by Gasteiger charge is -2.07. The lowest BCUT2D eigenvalue weighted by molar-refractivity contribution is 0.199. The molecule has 0 spiro atoms. The molecule has 78 valence electrons. The van der Waals surface area contributed by atoms with Crippen molar-refractivity contribution in [3.05, 3.63) is 52.7 Å². The van der Waals surface area contributed by atoms with Gasteiger partial charge in [0, 0.05) is 12.4 Å². The van der Waals surface area contributed by atoms with Gasteiger partial charge in [0.25, 0.3) is 0 Å². The van der Waals surface area contributed by atoms with E-state index in [4.69, 9.17) is 0 Å². The minimum Gasteiger partial charge on any atom is -0.389 e. The number of H-pyrrole nitrogens is 1. The fraction of sp³-hybridized carbons (Fsp3) is 0.182. The number of nitrogens with one attached hydrogen (secondary N) is 1. The minimum absolute atomic E-state index is 0.183. The van der Waals surface area contributed by atoms with Gasteiger partial charge in [-0.1, -0.05) is 12.1 Å².